The van der Waals surface area contributed by atoms with Gasteiger partial charge in [0.15, 0.2) is 0 Å². The van der Waals surface area contributed by atoms with E-state index >= 15 is 0 Å². The van der Waals surface area contributed by atoms with Crippen LogP contribution < -0.4 is 4.74 Å². The topological polar surface area (TPSA) is 38.7 Å². The second kappa shape index (κ2) is 6.01. The largest absolute Gasteiger partial charge is 0.522 e. The fourth-order valence-corrected chi connectivity index (χ4v) is 1.29. The van der Waals surface area contributed by atoms with E-state index in [1.165, 1.54) is 13.0 Å². The zero-order chi connectivity index (χ0) is 13.8. The lowest BCUT2D eigenvalue weighted by atomic mass is 10.1. The molecule has 0 aliphatic carbocycles. The van der Waals surface area contributed by atoms with Crippen molar-refractivity contribution in [2.24, 2.45) is 0 Å². The maximum Gasteiger partial charge on any atom is 0.522 e. The van der Waals surface area contributed by atoms with Crippen LogP contribution in [0.1, 0.15) is 18.6 Å². The lowest BCUT2D eigenvalue weighted by molar-refractivity contribution is -0.325. The van der Waals surface area contributed by atoms with E-state index in [9.17, 15) is 22.7 Å². The lowest BCUT2D eigenvalue weighted by Gasteiger charge is -2.14. The van der Waals surface area contributed by atoms with Gasteiger partial charge >= 0.3 is 6.36 Å². The fourth-order valence-electron chi connectivity index (χ4n) is 1.29. The number of hydrogen-bond acceptors (Lipinski definition) is 3. The van der Waals surface area contributed by atoms with Crippen LogP contribution in [0.5, 0.6) is 5.75 Å². The zero-order valence-electron chi connectivity index (χ0n) is 9.50. The van der Waals surface area contributed by atoms with Crippen LogP contribution in [0.2, 0.25) is 0 Å². The van der Waals surface area contributed by atoms with Crippen LogP contribution in [-0.2, 0) is 4.74 Å². The minimum absolute atomic E-state index is 0.122. The van der Waals surface area contributed by atoms with Gasteiger partial charge in [0.05, 0.1) is 12.7 Å². The Balaban J connectivity index is 2.57. The van der Waals surface area contributed by atoms with Crippen molar-refractivity contribution >= 4 is 0 Å². The average molecular weight is 268 g/mol. The first-order valence-electron chi connectivity index (χ1n) is 5.10. The van der Waals surface area contributed by atoms with Gasteiger partial charge in [-0.3, -0.25) is 4.74 Å². The molecule has 0 aliphatic heterocycles. The zero-order valence-corrected chi connectivity index (χ0v) is 9.50. The number of aliphatic hydroxyl groups is 1. The molecule has 1 aromatic carbocycles. The highest BCUT2D eigenvalue weighted by Crippen LogP contribution is 2.26. The summed E-state index contributed by atoms with van der Waals surface area (Å²) in [6.45, 7) is 0.360. The Morgan fingerprint density at radius 3 is 2.50 bits per heavy atom. The second-order valence-electron chi connectivity index (χ2n) is 3.50. The van der Waals surface area contributed by atoms with E-state index in [0.29, 0.717) is 0 Å². The molecule has 0 amide bonds. The molecule has 0 bridgehead atoms. The first-order valence-corrected chi connectivity index (χ1v) is 5.10. The van der Waals surface area contributed by atoms with Crippen molar-refractivity contribution in [1.82, 2.24) is 0 Å². The Hall–Kier alpha value is -1.34. The first-order chi connectivity index (χ1) is 8.29. The van der Waals surface area contributed by atoms with Gasteiger partial charge in [-0.25, -0.2) is 4.39 Å². The van der Waals surface area contributed by atoms with Crippen LogP contribution in [0, 0.1) is 5.82 Å². The van der Waals surface area contributed by atoms with E-state index in [0.717, 1.165) is 12.1 Å². The summed E-state index contributed by atoms with van der Waals surface area (Å²) in [7, 11) is 0. The maximum atomic E-state index is 12.9. The first kappa shape index (κ1) is 14.7. The Bertz CT molecular complexity index is 390. The number of halogens is 4. The quantitative estimate of drug-likeness (QED) is 0.659. The van der Waals surface area contributed by atoms with Crippen LogP contribution in [-0.4, -0.2) is 24.7 Å². The standard InChI is InChI=1S/C11H12F4O3/c1-7(16)9-6-8(12)2-3-10(9)17-4-5-18-11(13,14)15/h2-3,6-7,16H,4-5H2,1H3/t7-/m0/s1. The average Bonchev–Trinajstić information content (AvgIpc) is 2.24. The number of alkyl halides is 3. The molecule has 1 atom stereocenters. The molecule has 102 valence electrons. The Kier molecular flexibility index (Phi) is 4.92. The second-order valence-corrected chi connectivity index (χ2v) is 3.50. The van der Waals surface area contributed by atoms with Gasteiger partial charge in [0.25, 0.3) is 0 Å². The smallest absolute Gasteiger partial charge is 0.491 e. The molecule has 0 fully saturated rings. The number of benzene rings is 1. The van der Waals surface area contributed by atoms with Gasteiger partial charge in [-0.15, -0.1) is 13.2 Å². The summed E-state index contributed by atoms with van der Waals surface area (Å²) in [6.07, 6.45) is -5.70. The highest BCUT2D eigenvalue weighted by molar-refractivity contribution is 5.35. The number of ether oxygens (including phenoxy) is 2. The summed E-state index contributed by atoms with van der Waals surface area (Å²) in [6, 6.07) is 3.39. The van der Waals surface area contributed by atoms with Crippen molar-refractivity contribution in [3.8, 4) is 5.75 Å². The van der Waals surface area contributed by atoms with Crippen molar-refractivity contribution in [3.05, 3.63) is 29.6 Å². The molecule has 0 heterocycles. The molecule has 0 spiro atoms. The van der Waals surface area contributed by atoms with Crippen molar-refractivity contribution in [1.29, 1.82) is 0 Å². The molecular formula is C11H12F4O3. The normalized spacial score (nSPS) is 13.4. The monoisotopic (exact) mass is 268 g/mol. The van der Waals surface area contributed by atoms with Crippen LogP contribution in [0.3, 0.4) is 0 Å². The summed E-state index contributed by atoms with van der Waals surface area (Å²) in [4.78, 5) is 0. The van der Waals surface area contributed by atoms with E-state index in [4.69, 9.17) is 4.74 Å². The van der Waals surface area contributed by atoms with E-state index in [1.54, 1.807) is 0 Å². The summed E-state index contributed by atoms with van der Waals surface area (Å²) >= 11 is 0. The molecule has 7 heteroatoms. The molecule has 1 N–H and O–H groups in total. The van der Waals surface area contributed by atoms with Gasteiger partial charge in [-0.05, 0) is 25.1 Å². The van der Waals surface area contributed by atoms with Crippen LogP contribution in [0.15, 0.2) is 18.2 Å². The van der Waals surface area contributed by atoms with E-state index in [1.807, 2.05) is 0 Å². The summed E-state index contributed by atoms with van der Waals surface area (Å²) < 4.78 is 56.4. The van der Waals surface area contributed by atoms with Crippen LogP contribution >= 0.6 is 0 Å². The molecule has 0 aliphatic rings. The minimum Gasteiger partial charge on any atom is -0.491 e. The molecular weight excluding hydrogens is 256 g/mol. The third kappa shape index (κ3) is 4.89. The molecule has 1 aromatic rings. The van der Waals surface area contributed by atoms with Gasteiger partial charge in [0.2, 0.25) is 0 Å². The van der Waals surface area contributed by atoms with Gasteiger partial charge in [0, 0.05) is 5.56 Å². The molecule has 0 radical (unpaired) electrons. The maximum absolute atomic E-state index is 12.9. The predicted molar refractivity (Wildman–Crippen MR) is 54.5 cm³/mol. The van der Waals surface area contributed by atoms with Crippen molar-refractivity contribution in [3.63, 3.8) is 0 Å². The Morgan fingerprint density at radius 1 is 1.28 bits per heavy atom. The van der Waals surface area contributed by atoms with Crippen molar-refractivity contribution in [2.45, 2.75) is 19.4 Å². The highest BCUT2D eigenvalue weighted by atomic mass is 19.4. The lowest BCUT2D eigenvalue weighted by Crippen LogP contribution is -2.18. The molecule has 0 unspecified atom stereocenters. The van der Waals surface area contributed by atoms with Gasteiger partial charge < -0.3 is 9.84 Å². The number of rotatable bonds is 5. The van der Waals surface area contributed by atoms with Gasteiger partial charge in [-0.1, -0.05) is 0 Å². The Labute approximate surface area is 101 Å². The van der Waals surface area contributed by atoms with Crippen molar-refractivity contribution in [2.75, 3.05) is 13.2 Å². The highest BCUT2D eigenvalue weighted by Gasteiger charge is 2.28. The third-order valence-corrected chi connectivity index (χ3v) is 2.03. The molecule has 3 nitrogen and oxygen atoms in total. The molecule has 1 rings (SSSR count). The Morgan fingerprint density at radius 2 is 1.94 bits per heavy atom. The van der Waals surface area contributed by atoms with E-state index < -0.39 is 24.9 Å². The third-order valence-electron chi connectivity index (χ3n) is 2.03. The molecule has 0 aromatic heterocycles. The van der Waals surface area contributed by atoms with Gasteiger partial charge in [0.1, 0.15) is 18.2 Å². The van der Waals surface area contributed by atoms with Crippen LogP contribution in [0.4, 0.5) is 17.6 Å². The number of aliphatic hydroxyl groups excluding tert-OH is 1. The molecule has 0 saturated heterocycles. The number of hydrogen-bond donors (Lipinski definition) is 1. The molecule has 0 saturated carbocycles. The van der Waals surface area contributed by atoms with Crippen LogP contribution in [0.25, 0.3) is 0 Å². The fraction of sp³-hybridized carbons (Fsp3) is 0.455. The minimum atomic E-state index is -4.71. The predicted octanol–water partition coefficient (Wildman–Crippen LogP) is 2.79. The van der Waals surface area contributed by atoms with Gasteiger partial charge in [-0.2, -0.15) is 0 Å². The summed E-state index contributed by atoms with van der Waals surface area (Å²) in [5, 5.41) is 9.36. The molecule has 18 heavy (non-hydrogen) atoms. The van der Waals surface area contributed by atoms with Crippen molar-refractivity contribution < 1.29 is 32.1 Å². The summed E-state index contributed by atoms with van der Waals surface area (Å²) in [5.74, 6) is -0.443. The van der Waals surface area contributed by atoms with E-state index in [-0.39, 0.29) is 17.9 Å². The SMILES string of the molecule is C[C@H](O)c1cc(F)ccc1OCCOC(F)(F)F. The van der Waals surface area contributed by atoms with E-state index in [2.05, 4.69) is 4.74 Å². The summed E-state index contributed by atoms with van der Waals surface area (Å²) in [5.41, 5.74) is 0.169.